The summed E-state index contributed by atoms with van der Waals surface area (Å²) in [5.41, 5.74) is 0. The van der Waals surface area contributed by atoms with Gasteiger partial charge in [-0.1, -0.05) is 239 Å². The molecule has 0 spiro atoms. The number of phosphoric ester groups is 2. The van der Waals surface area contributed by atoms with Gasteiger partial charge in [-0.05, 0) is 57.3 Å². The first-order valence-electron chi connectivity index (χ1n) is 32.5. The molecule has 0 heterocycles. The fourth-order valence-corrected chi connectivity index (χ4v) is 10.4. The molecule has 0 aromatic rings. The van der Waals surface area contributed by atoms with E-state index in [0.29, 0.717) is 31.6 Å². The highest BCUT2D eigenvalue weighted by molar-refractivity contribution is 7.47. The molecule has 0 saturated heterocycles. The van der Waals surface area contributed by atoms with Gasteiger partial charge in [0.25, 0.3) is 0 Å². The Labute approximate surface area is 497 Å². The number of hydrogen-bond acceptors (Lipinski definition) is 15. The van der Waals surface area contributed by atoms with E-state index in [-0.39, 0.29) is 25.7 Å². The van der Waals surface area contributed by atoms with Crippen LogP contribution in [0.15, 0.2) is 24.3 Å². The lowest BCUT2D eigenvalue weighted by molar-refractivity contribution is -0.161. The third-order valence-electron chi connectivity index (χ3n) is 13.9. The fourth-order valence-electron chi connectivity index (χ4n) is 8.87. The quantitative estimate of drug-likeness (QED) is 0.0169. The van der Waals surface area contributed by atoms with E-state index in [2.05, 4.69) is 58.9 Å². The zero-order valence-corrected chi connectivity index (χ0v) is 53.9. The van der Waals surface area contributed by atoms with Crippen molar-refractivity contribution < 1.29 is 80.2 Å². The van der Waals surface area contributed by atoms with Gasteiger partial charge in [0.05, 0.1) is 26.4 Å². The highest BCUT2D eigenvalue weighted by Gasteiger charge is 2.30. The molecule has 0 amide bonds. The Morgan fingerprint density at radius 1 is 0.378 bits per heavy atom. The molecule has 82 heavy (non-hydrogen) atoms. The van der Waals surface area contributed by atoms with Crippen LogP contribution in [0.3, 0.4) is 0 Å². The van der Waals surface area contributed by atoms with Gasteiger partial charge in [-0.2, -0.15) is 0 Å². The summed E-state index contributed by atoms with van der Waals surface area (Å²) in [6, 6.07) is 0. The summed E-state index contributed by atoms with van der Waals surface area (Å²) in [4.78, 5) is 72.0. The highest BCUT2D eigenvalue weighted by Crippen LogP contribution is 2.45. The Balaban J connectivity index is 5.25. The van der Waals surface area contributed by atoms with Crippen LogP contribution in [0.5, 0.6) is 0 Å². The zero-order valence-electron chi connectivity index (χ0n) is 52.1. The Bertz CT molecular complexity index is 1690. The molecule has 0 aromatic carbocycles. The third-order valence-corrected chi connectivity index (χ3v) is 15.8. The van der Waals surface area contributed by atoms with Gasteiger partial charge in [0, 0.05) is 25.7 Å². The van der Waals surface area contributed by atoms with Gasteiger partial charge in [0.2, 0.25) is 0 Å². The molecular formula is C63H118O17P2. The second-order valence-electron chi connectivity index (χ2n) is 22.6. The van der Waals surface area contributed by atoms with Crippen LogP contribution in [-0.4, -0.2) is 96.7 Å². The number of rotatable bonds is 61. The van der Waals surface area contributed by atoms with E-state index < -0.39 is 97.5 Å². The summed E-state index contributed by atoms with van der Waals surface area (Å²) in [6.45, 7) is 7.00. The van der Waals surface area contributed by atoms with Crippen molar-refractivity contribution in [2.75, 3.05) is 39.6 Å². The predicted octanol–water partition coefficient (Wildman–Crippen LogP) is 17.0. The molecule has 0 saturated carbocycles. The van der Waals surface area contributed by atoms with Crippen molar-refractivity contribution in [1.82, 2.24) is 0 Å². The van der Waals surface area contributed by atoms with Crippen LogP contribution in [0.2, 0.25) is 0 Å². The molecular weight excluding hydrogens is 1090 g/mol. The van der Waals surface area contributed by atoms with Crippen LogP contribution in [0, 0.1) is 5.92 Å². The zero-order chi connectivity index (χ0) is 60.6. The molecule has 482 valence electrons. The number of aliphatic hydroxyl groups excluding tert-OH is 1. The summed E-state index contributed by atoms with van der Waals surface area (Å²) in [5.74, 6) is -1.49. The van der Waals surface area contributed by atoms with Crippen LogP contribution in [-0.2, 0) is 65.4 Å². The summed E-state index contributed by atoms with van der Waals surface area (Å²) in [6.07, 6.45) is 42.7. The molecule has 0 aromatic heterocycles. The minimum Gasteiger partial charge on any atom is -0.462 e. The SMILES string of the molecule is CCCCCC/C=C\C=C/CCCCCCCC(=O)O[C@H](COC(=O)CCCCCCCCC(C)C)COP(=O)(O)OC[C@@H](O)COP(=O)(O)OC[C@@H](COC(=O)CCCCCCCCCCC)OC(=O)CCCCCCCCCCC. The van der Waals surface area contributed by atoms with Crippen molar-refractivity contribution in [2.24, 2.45) is 5.92 Å². The summed E-state index contributed by atoms with van der Waals surface area (Å²) in [5, 5.41) is 10.5. The number of carbonyl (C=O) groups is 4. The predicted molar refractivity (Wildman–Crippen MR) is 326 cm³/mol. The normalized spacial score (nSPS) is 14.5. The lowest BCUT2D eigenvalue weighted by Crippen LogP contribution is -2.30. The first-order valence-corrected chi connectivity index (χ1v) is 35.4. The average molecular weight is 1210 g/mol. The van der Waals surface area contributed by atoms with E-state index in [4.69, 9.17) is 37.0 Å². The Morgan fingerprint density at radius 2 is 0.659 bits per heavy atom. The van der Waals surface area contributed by atoms with Crippen LogP contribution < -0.4 is 0 Å². The molecule has 0 radical (unpaired) electrons. The number of allylic oxidation sites excluding steroid dienone is 4. The van der Waals surface area contributed by atoms with Gasteiger partial charge in [-0.15, -0.1) is 0 Å². The molecule has 0 aliphatic rings. The lowest BCUT2D eigenvalue weighted by atomic mass is 10.0. The monoisotopic (exact) mass is 1210 g/mol. The highest BCUT2D eigenvalue weighted by atomic mass is 31.2. The minimum absolute atomic E-state index is 0.0839. The van der Waals surface area contributed by atoms with Gasteiger partial charge in [-0.25, -0.2) is 9.13 Å². The van der Waals surface area contributed by atoms with Crippen molar-refractivity contribution in [2.45, 2.75) is 310 Å². The molecule has 19 heteroatoms. The first kappa shape index (κ1) is 79.5. The molecule has 5 atom stereocenters. The van der Waals surface area contributed by atoms with E-state index in [0.717, 1.165) is 109 Å². The fraction of sp³-hybridized carbons (Fsp3) is 0.873. The Hall–Kier alpha value is -2.46. The van der Waals surface area contributed by atoms with Gasteiger partial charge in [-0.3, -0.25) is 37.3 Å². The molecule has 0 aliphatic heterocycles. The molecule has 17 nitrogen and oxygen atoms in total. The van der Waals surface area contributed by atoms with Gasteiger partial charge < -0.3 is 33.8 Å². The Kier molecular flexibility index (Phi) is 54.7. The largest absolute Gasteiger partial charge is 0.472 e. The smallest absolute Gasteiger partial charge is 0.462 e. The number of unbranched alkanes of at least 4 members (excludes halogenated alkanes) is 30. The lowest BCUT2D eigenvalue weighted by Gasteiger charge is -2.21. The van der Waals surface area contributed by atoms with Gasteiger partial charge in [0.1, 0.15) is 19.3 Å². The van der Waals surface area contributed by atoms with Crippen LogP contribution in [0.1, 0.15) is 291 Å². The van der Waals surface area contributed by atoms with Crippen molar-refractivity contribution in [3.05, 3.63) is 24.3 Å². The maximum atomic E-state index is 12.9. The van der Waals surface area contributed by atoms with E-state index in [9.17, 15) is 43.2 Å². The number of hydrogen-bond donors (Lipinski definition) is 3. The van der Waals surface area contributed by atoms with Crippen LogP contribution >= 0.6 is 15.6 Å². The second-order valence-corrected chi connectivity index (χ2v) is 25.5. The summed E-state index contributed by atoms with van der Waals surface area (Å²) >= 11 is 0. The first-order chi connectivity index (χ1) is 39.5. The number of aliphatic hydroxyl groups is 1. The van der Waals surface area contributed by atoms with Crippen LogP contribution in [0.4, 0.5) is 0 Å². The summed E-state index contributed by atoms with van der Waals surface area (Å²) in [7, 11) is -9.89. The van der Waals surface area contributed by atoms with Crippen molar-refractivity contribution in [3.8, 4) is 0 Å². The van der Waals surface area contributed by atoms with Crippen molar-refractivity contribution in [1.29, 1.82) is 0 Å². The number of carbonyl (C=O) groups excluding carboxylic acids is 4. The topological polar surface area (TPSA) is 237 Å². The van der Waals surface area contributed by atoms with E-state index in [1.165, 1.54) is 96.3 Å². The van der Waals surface area contributed by atoms with E-state index in [1.807, 2.05) is 0 Å². The van der Waals surface area contributed by atoms with Gasteiger partial charge >= 0.3 is 39.5 Å². The Morgan fingerprint density at radius 3 is 1.00 bits per heavy atom. The van der Waals surface area contributed by atoms with Crippen LogP contribution in [0.25, 0.3) is 0 Å². The van der Waals surface area contributed by atoms with Gasteiger partial charge in [0.15, 0.2) is 12.2 Å². The maximum absolute atomic E-state index is 12.9. The number of esters is 4. The second kappa shape index (κ2) is 56.4. The summed E-state index contributed by atoms with van der Waals surface area (Å²) < 4.78 is 67.8. The number of ether oxygens (including phenoxy) is 4. The van der Waals surface area contributed by atoms with Crippen molar-refractivity contribution >= 4 is 39.5 Å². The third kappa shape index (κ3) is 56.7. The molecule has 2 unspecified atom stereocenters. The van der Waals surface area contributed by atoms with Crippen molar-refractivity contribution in [3.63, 3.8) is 0 Å². The molecule has 0 aliphatic carbocycles. The maximum Gasteiger partial charge on any atom is 0.472 e. The van der Waals surface area contributed by atoms with E-state index in [1.54, 1.807) is 0 Å². The van der Waals surface area contributed by atoms with E-state index >= 15 is 0 Å². The minimum atomic E-state index is -4.95. The molecule has 0 bridgehead atoms. The standard InChI is InChI=1S/C63H118O17P2/c1-6-9-12-15-18-21-22-23-24-25-26-29-32-39-44-49-63(68)80-59(53-74-61(66)47-42-37-34-33-35-40-45-56(4)5)55-78-82(71,72)76-51-57(64)50-75-81(69,70)77-54-58(79-62(67)48-43-38-31-28-20-17-14-11-8-3)52-73-60(65)46-41-36-30-27-19-16-13-10-7-2/h21-24,56-59,64H,6-20,25-55H2,1-5H3,(H,69,70)(H,71,72)/b22-21-,24-23-/t57-,58+,59+/m0/s1. The average Bonchev–Trinajstić information content (AvgIpc) is 3.46. The molecule has 0 rings (SSSR count). The number of phosphoric acid groups is 2. The molecule has 3 N–H and O–H groups in total. The molecule has 0 fully saturated rings.